The Labute approximate surface area is 255 Å². The summed E-state index contributed by atoms with van der Waals surface area (Å²) in [5.74, 6) is 1.31. The zero-order chi connectivity index (χ0) is 30.1. The van der Waals surface area contributed by atoms with Gasteiger partial charge in [-0.1, -0.05) is 29.8 Å². The van der Waals surface area contributed by atoms with Gasteiger partial charge in [-0.2, -0.15) is 0 Å². The summed E-state index contributed by atoms with van der Waals surface area (Å²) in [5, 5.41) is 4.33. The molecule has 2 aromatic carbocycles. The SMILES string of the molecule is COCCCOc1cc(C(=O)N(C(C)C)[C@@H]2CC[C@H](CCN(C(=O)Cc3ccccc3Cl)C3CC3)NC2)ccc1OC. The molecule has 230 valence electrons. The Balaban J connectivity index is 1.32. The van der Waals surface area contributed by atoms with Crippen molar-refractivity contribution in [2.75, 3.05) is 40.5 Å². The first-order valence-corrected chi connectivity index (χ1v) is 15.6. The number of halogens is 1. The maximum Gasteiger partial charge on any atom is 0.254 e. The number of carbonyl (C=O) groups is 2. The highest BCUT2D eigenvalue weighted by atomic mass is 35.5. The highest BCUT2D eigenvalue weighted by molar-refractivity contribution is 6.31. The zero-order valence-electron chi connectivity index (χ0n) is 25.4. The molecular weight excluding hydrogens is 554 g/mol. The van der Waals surface area contributed by atoms with Gasteiger partial charge in [0.05, 0.1) is 20.1 Å². The molecule has 1 saturated heterocycles. The molecule has 0 aromatic heterocycles. The van der Waals surface area contributed by atoms with Crippen molar-refractivity contribution < 1.29 is 23.8 Å². The topological polar surface area (TPSA) is 80.3 Å². The van der Waals surface area contributed by atoms with Crippen LogP contribution < -0.4 is 14.8 Å². The van der Waals surface area contributed by atoms with Crippen LogP contribution >= 0.6 is 11.6 Å². The van der Waals surface area contributed by atoms with Crippen LogP contribution in [0.3, 0.4) is 0 Å². The number of ether oxygens (including phenoxy) is 3. The van der Waals surface area contributed by atoms with Crippen LogP contribution in [0, 0.1) is 0 Å². The van der Waals surface area contributed by atoms with Gasteiger partial charge in [-0.25, -0.2) is 0 Å². The first kappa shape index (κ1) is 32.1. The van der Waals surface area contributed by atoms with Gasteiger partial charge in [-0.3, -0.25) is 9.59 Å². The quantitative estimate of drug-likeness (QED) is 0.278. The lowest BCUT2D eigenvalue weighted by Gasteiger charge is -2.40. The molecule has 2 fully saturated rings. The van der Waals surface area contributed by atoms with Crippen LogP contribution in [0.15, 0.2) is 42.5 Å². The minimum Gasteiger partial charge on any atom is -0.493 e. The fourth-order valence-corrected chi connectivity index (χ4v) is 5.96. The molecule has 2 aliphatic rings. The summed E-state index contributed by atoms with van der Waals surface area (Å²) in [5.41, 5.74) is 1.47. The molecule has 1 saturated carbocycles. The molecule has 2 aromatic rings. The number of piperidine rings is 1. The van der Waals surface area contributed by atoms with Crippen molar-refractivity contribution in [3.8, 4) is 11.5 Å². The van der Waals surface area contributed by atoms with Crippen LogP contribution in [0.2, 0.25) is 5.02 Å². The number of methoxy groups -OCH3 is 2. The van der Waals surface area contributed by atoms with E-state index in [2.05, 4.69) is 24.1 Å². The highest BCUT2D eigenvalue weighted by Crippen LogP contribution is 2.31. The number of nitrogens with zero attached hydrogens (tertiary/aromatic N) is 2. The van der Waals surface area contributed by atoms with Gasteiger partial charge >= 0.3 is 0 Å². The van der Waals surface area contributed by atoms with Crippen LogP contribution in [-0.2, 0) is 16.0 Å². The predicted octanol–water partition coefficient (Wildman–Crippen LogP) is 5.36. The number of hydrogen-bond donors (Lipinski definition) is 1. The lowest BCUT2D eigenvalue weighted by Crippen LogP contribution is -2.54. The first-order valence-electron chi connectivity index (χ1n) is 15.2. The van der Waals surface area contributed by atoms with E-state index in [0.717, 1.165) is 57.2 Å². The van der Waals surface area contributed by atoms with E-state index < -0.39 is 0 Å². The Morgan fingerprint density at radius 1 is 1.00 bits per heavy atom. The number of rotatable bonds is 15. The Hall–Kier alpha value is -2.81. The first-order chi connectivity index (χ1) is 20.3. The van der Waals surface area contributed by atoms with E-state index in [1.54, 1.807) is 26.4 Å². The van der Waals surface area contributed by atoms with Gasteiger partial charge in [-0.05, 0) is 75.8 Å². The fourth-order valence-electron chi connectivity index (χ4n) is 5.76. The molecule has 9 heteroatoms. The normalized spacial score (nSPS) is 18.5. The molecule has 4 rings (SSSR count). The molecule has 2 atom stereocenters. The zero-order valence-corrected chi connectivity index (χ0v) is 26.2. The fraction of sp³-hybridized carbons (Fsp3) is 0.576. The molecule has 0 radical (unpaired) electrons. The Morgan fingerprint density at radius 2 is 1.76 bits per heavy atom. The number of amides is 2. The monoisotopic (exact) mass is 599 g/mol. The average molecular weight is 600 g/mol. The maximum atomic E-state index is 13.8. The van der Waals surface area contributed by atoms with Crippen molar-refractivity contribution in [1.82, 2.24) is 15.1 Å². The van der Waals surface area contributed by atoms with E-state index in [4.69, 9.17) is 25.8 Å². The molecule has 0 spiro atoms. The van der Waals surface area contributed by atoms with Crippen LogP contribution in [0.5, 0.6) is 11.5 Å². The predicted molar refractivity (Wildman–Crippen MR) is 166 cm³/mol. The smallest absolute Gasteiger partial charge is 0.254 e. The third kappa shape index (κ3) is 8.62. The largest absolute Gasteiger partial charge is 0.493 e. The van der Waals surface area contributed by atoms with Gasteiger partial charge in [0.15, 0.2) is 11.5 Å². The maximum absolute atomic E-state index is 13.8. The van der Waals surface area contributed by atoms with Gasteiger partial charge in [-0.15, -0.1) is 0 Å². The molecule has 1 heterocycles. The molecule has 0 unspecified atom stereocenters. The van der Waals surface area contributed by atoms with Crippen LogP contribution in [0.1, 0.15) is 68.3 Å². The molecular formula is C33H46ClN3O5. The molecule has 0 bridgehead atoms. The van der Waals surface area contributed by atoms with E-state index in [1.807, 2.05) is 35.2 Å². The van der Waals surface area contributed by atoms with Gasteiger partial charge < -0.3 is 29.3 Å². The van der Waals surface area contributed by atoms with Crippen molar-refractivity contribution in [2.45, 2.75) is 83.0 Å². The summed E-state index contributed by atoms with van der Waals surface area (Å²) in [4.78, 5) is 31.0. The van der Waals surface area contributed by atoms with E-state index >= 15 is 0 Å². The molecule has 8 nitrogen and oxygen atoms in total. The third-order valence-electron chi connectivity index (χ3n) is 8.16. The molecule has 1 aliphatic heterocycles. The van der Waals surface area contributed by atoms with E-state index in [9.17, 15) is 9.59 Å². The second kappa shape index (κ2) is 15.6. The number of nitrogens with one attached hydrogen (secondary N) is 1. The van der Waals surface area contributed by atoms with Crippen LogP contribution in [-0.4, -0.2) is 86.3 Å². The second-order valence-corrected chi connectivity index (χ2v) is 12.0. The van der Waals surface area contributed by atoms with Gasteiger partial charge in [0.1, 0.15) is 0 Å². The molecule has 1 aliphatic carbocycles. The Bertz CT molecular complexity index is 1180. The minimum atomic E-state index is -0.00952. The number of benzene rings is 2. The molecule has 42 heavy (non-hydrogen) atoms. The third-order valence-corrected chi connectivity index (χ3v) is 8.53. The summed E-state index contributed by atoms with van der Waals surface area (Å²) >= 11 is 6.32. The van der Waals surface area contributed by atoms with Gasteiger partial charge in [0.25, 0.3) is 5.91 Å². The summed E-state index contributed by atoms with van der Waals surface area (Å²) in [7, 11) is 3.26. The van der Waals surface area contributed by atoms with E-state index in [-0.39, 0.29) is 23.9 Å². The second-order valence-electron chi connectivity index (χ2n) is 11.6. The van der Waals surface area contributed by atoms with Crippen molar-refractivity contribution >= 4 is 23.4 Å². The van der Waals surface area contributed by atoms with Gasteiger partial charge in [0.2, 0.25) is 5.91 Å². The van der Waals surface area contributed by atoms with Crippen molar-refractivity contribution in [3.63, 3.8) is 0 Å². The molecule has 1 N–H and O–H groups in total. The van der Waals surface area contributed by atoms with Crippen LogP contribution in [0.4, 0.5) is 0 Å². The average Bonchev–Trinajstić information content (AvgIpc) is 3.82. The summed E-state index contributed by atoms with van der Waals surface area (Å²) in [6.45, 7) is 6.68. The summed E-state index contributed by atoms with van der Waals surface area (Å²) < 4.78 is 16.5. The van der Waals surface area contributed by atoms with Crippen molar-refractivity contribution in [3.05, 3.63) is 58.6 Å². The van der Waals surface area contributed by atoms with Crippen molar-refractivity contribution in [2.24, 2.45) is 0 Å². The minimum absolute atomic E-state index is 0.00952. The van der Waals surface area contributed by atoms with E-state index in [0.29, 0.717) is 53.8 Å². The summed E-state index contributed by atoms with van der Waals surface area (Å²) in [6.07, 6.45) is 6.00. The summed E-state index contributed by atoms with van der Waals surface area (Å²) in [6, 6.07) is 13.8. The standard InChI is InChI=1S/C33H46ClN3O5/c1-23(2)37(33(39)25-10-15-30(41-4)31(20-25)42-19-7-18-40-3)28-12-11-26(35-22-28)16-17-36(27-13-14-27)32(38)21-24-8-5-6-9-29(24)34/h5-6,8-10,15,20,23,26-28,35H,7,11-14,16-19,21-22H2,1-4H3/t26-,28-/m1/s1. The lowest BCUT2D eigenvalue weighted by molar-refractivity contribution is -0.131. The van der Waals surface area contributed by atoms with E-state index in [1.165, 1.54) is 0 Å². The lowest BCUT2D eigenvalue weighted by atomic mass is 9.95. The van der Waals surface area contributed by atoms with Crippen LogP contribution in [0.25, 0.3) is 0 Å². The Morgan fingerprint density at radius 3 is 2.40 bits per heavy atom. The number of carbonyl (C=O) groups excluding carboxylic acids is 2. The Kier molecular flexibility index (Phi) is 11.9. The number of hydrogen-bond acceptors (Lipinski definition) is 6. The van der Waals surface area contributed by atoms with Gasteiger partial charge in [0, 0.05) is 68.0 Å². The highest BCUT2D eigenvalue weighted by Gasteiger charge is 2.35. The van der Waals surface area contributed by atoms with Crippen molar-refractivity contribution in [1.29, 1.82) is 0 Å². The molecule has 2 amide bonds.